The van der Waals surface area contributed by atoms with Gasteiger partial charge in [-0.2, -0.15) is 5.10 Å². The summed E-state index contributed by atoms with van der Waals surface area (Å²) < 4.78 is 1.73. The highest BCUT2D eigenvalue weighted by molar-refractivity contribution is 6.31. The molecule has 0 N–H and O–H groups in total. The minimum Gasteiger partial charge on any atom is -0.256 e. The van der Waals surface area contributed by atoms with Gasteiger partial charge >= 0.3 is 0 Å². The van der Waals surface area contributed by atoms with Gasteiger partial charge in [-0.1, -0.05) is 24.4 Å². The summed E-state index contributed by atoms with van der Waals surface area (Å²) in [5.74, 6) is 1.06. The molecular weight excluding hydrogens is 219 g/mol. The SMILES string of the molecule is Cn1nc(C2CCCC2)c(CCl)c1Cl. The molecule has 2 nitrogen and oxygen atoms in total. The fraction of sp³-hybridized carbons (Fsp3) is 0.700. The number of rotatable bonds is 2. The summed E-state index contributed by atoms with van der Waals surface area (Å²) in [4.78, 5) is 0. The average Bonchev–Trinajstić information content (AvgIpc) is 2.76. The summed E-state index contributed by atoms with van der Waals surface area (Å²) in [6, 6.07) is 0. The quantitative estimate of drug-likeness (QED) is 0.715. The Kier molecular flexibility index (Phi) is 3.03. The third-order valence-electron chi connectivity index (χ3n) is 2.98. The van der Waals surface area contributed by atoms with E-state index in [9.17, 15) is 0 Å². The Morgan fingerprint density at radius 2 is 2.07 bits per heavy atom. The lowest BCUT2D eigenvalue weighted by Crippen LogP contribution is -1.97. The number of alkyl halides is 1. The van der Waals surface area contributed by atoms with Crippen LogP contribution >= 0.6 is 23.2 Å². The van der Waals surface area contributed by atoms with Crippen LogP contribution < -0.4 is 0 Å². The number of aryl methyl sites for hydroxylation is 1. The van der Waals surface area contributed by atoms with Gasteiger partial charge in [-0.15, -0.1) is 11.6 Å². The maximum absolute atomic E-state index is 6.11. The molecule has 0 amide bonds. The second-order valence-electron chi connectivity index (χ2n) is 3.89. The molecule has 1 fully saturated rings. The van der Waals surface area contributed by atoms with Crippen molar-refractivity contribution >= 4 is 23.2 Å². The zero-order valence-electron chi connectivity index (χ0n) is 8.26. The molecule has 0 radical (unpaired) electrons. The lowest BCUT2D eigenvalue weighted by Gasteiger charge is -2.06. The lowest BCUT2D eigenvalue weighted by molar-refractivity contribution is 0.655. The summed E-state index contributed by atoms with van der Waals surface area (Å²) in [6.07, 6.45) is 5.08. The van der Waals surface area contributed by atoms with E-state index in [0.717, 1.165) is 11.3 Å². The van der Waals surface area contributed by atoms with Crippen molar-refractivity contribution in [1.82, 2.24) is 9.78 Å². The molecule has 1 aromatic heterocycles. The minimum atomic E-state index is 0.471. The Morgan fingerprint density at radius 3 is 2.64 bits per heavy atom. The first kappa shape index (κ1) is 10.3. The van der Waals surface area contributed by atoms with Crippen LogP contribution in [0.1, 0.15) is 42.9 Å². The standard InChI is InChI=1S/C10H14Cl2N2/c1-14-10(12)8(6-11)9(13-14)7-4-2-3-5-7/h7H,2-6H2,1H3. The molecule has 1 heterocycles. The van der Waals surface area contributed by atoms with Crippen molar-refractivity contribution in [3.63, 3.8) is 0 Å². The number of halogens is 2. The minimum absolute atomic E-state index is 0.471. The van der Waals surface area contributed by atoms with Gasteiger partial charge in [0, 0.05) is 18.5 Å². The molecule has 0 bridgehead atoms. The molecule has 0 spiro atoms. The zero-order chi connectivity index (χ0) is 10.1. The molecular formula is C10H14Cl2N2. The predicted octanol–water partition coefficient (Wildman–Crippen LogP) is 3.47. The van der Waals surface area contributed by atoms with Gasteiger partial charge in [0.15, 0.2) is 0 Å². The van der Waals surface area contributed by atoms with Gasteiger partial charge < -0.3 is 0 Å². The molecule has 1 aliphatic rings. The number of hydrogen-bond acceptors (Lipinski definition) is 1. The van der Waals surface area contributed by atoms with Crippen molar-refractivity contribution in [2.45, 2.75) is 37.5 Å². The molecule has 0 aromatic carbocycles. The molecule has 78 valence electrons. The van der Waals surface area contributed by atoms with E-state index in [2.05, 4.69) is 5.10 Å². The Morgan fingerprint density at radius 1 is 1.43 bits per heavy atom. The third-order valence-corrected chi connectivity index (χ3v) is 3.72. The van der Waals surface area contributed by atoms with Gasteiger partial charge in [0.1, 0.15) is 5.15 Å². The first-order valence-electron chi connectivity index (χ1n) is 5.01. The second kappa shape index (κ2) is 4.11. The van der Waals surface area contributed by atoms with E-state index in [1.165, 1.54) is 25.7 Å². The maximum Gasteiger partial charge on any atom is 0.131 e. The summed E-state index contributed by atoms with van der Waals surface area (Å²) in [7, 11) is 1.87. The monoisotopic (exact) mass is 232 g/mol. The van der Waals surface area contributed by atoms with Gasteiger partial charge in [0.05, 0.1) is 11.6 Å². The first-order valence-corrected chi connectivity index (χ1v) is 5.92. The van der Waals surface area contributed by atoms with Crippen LogP contribution in [0.15, 0.2) is 0 Å². The summed E-state index contributed by atoms with van der Waals surface area (Å²) in [6.45, 7) is 0. The van der Waals surface area contributed by atoms with E-state index in [1.807, 2.05) is 7.05 Å². The third kappa shape index (κ3) is 1.66. The van der Waals surface area contributed by atoms with Crippen LogP contribution in [-0.2, 0) is 12.9 Å². The zero-order valence-corrected chi connectivity index (χ0v) is 9.78. The summed E-state index contributed by atoms with van der Waals surface area (Å²) >= 11 is 12.0. The molecule has 4 heteroatoms. The Labute approximate surface area is 94.2 Å². The van der Waals surface area contributed by atoms with Crippen LogP contribution in [-0.4, -0.2) is 9.78 Å². The molecule has 0 atom stereocenters. The van der Waals surface area contributed by atoms with Gasteiger partial charge in [0.2, 0.25) is 0 Å². The van der Waals surface area contributed by atoms with Gasteiger partial charge in [-0.05, 0) is 12.8 Å². The highest BCUT2D eigenvalue weighted by atomic mass is 35.5. The molecule has 1 saturated carbocycles. The Bertz CT molecular complexity index is 327. The van der Waals surface area contributed by atoms with Gasteiger partial charge in [-0.25, -0.2) is 0 Å². The van der Waals surface area contributed by atoms with Crippen LogP contribution in [0.25, 0.3) is 0 Å². The highest BCUT2D eigenvalue weighted by Gasteiger charge is 2.24. The fourth-order valence-electron chi connectivity index (χ4n) is 2.22. The predicted molar refractivity (Wildman–Crippen MR) is 59.0 cm³/mol. The number of hydrogen-bond donors (Lipinski definition) is 0. The Balaban J connectivity index is 2.36. The highest BCUT2D eigenvalue weighted by Crippen LogP contribution is 2.37. The molecule has 2 rings (SSSR count). The maximum atomic E-state index is 6.11. The van der Waals surface area contributed by atoms with Crippen molar-refractivity contribution < 1.29 is 0 Å². The second-order valence-corrected chi connectivity index (χ2v) is 4.52. The van der Waals surface area contributed by atoms with E-state index >= 15 is 0 Å². The van der Waals surface area contributed by atoms with Crippen LogP contribution in [0.4, 0.5) is 0 Å². The number of nitrogens with zero attached hydrogens (tertiary/aromatic N) is 2. The van der Waals surface area contributed by atoms with E-state index in [0.29, 0.717) is 17.0 Å². The lowest BCUT2D eigenvalue weighted by atomic mass is 10.0. The summed E-state index contributed by atoms with van der Waals surface area (Å²) in [5.41, 5.74) is 2.16. The van der Waals surface area contributed by atoms with E-state index in [4.69, 9.17) is 23.2 Å². The van der Waals surface area contributed by atoms with Crippen molar-refractivity contribution in [2.75, 3.05) is 0 Å². The van der Waals surface area contributed by atoms with Crippen molar-refractivity contribution in [1.29, 1.82) is 0 Å². The molecule has 1 aromatic rings. The first-order chi connectivity index (χ1) is 6.74. The number of aromatic nitrogens is 2. The van der Waals surface area contributed by atoms with E-state index in [-0.39, 0.29) is 0 Å². The van der Waals surface area contributed by atoms with Crippen molar-refractivity contribution in [3.8, 4) is 0 Å². The molecule has 0 saturated heterocycles. The molecule has 1 aliphatic carbocycles. The molecule has 0 unspecified atom stereocenters. The average molecular weight is 233 g/mol. The van der Waals surface area contributed by atoms with Crippen LogP contribution in [0, 0.1) is 0 Å². The smallest absolute Gasteiger partial charge is 0.131 e. The van der Waals surface area contributed by atoms with Crippen LogP contribution in [0.3, 0.4) is 0 Å². The molecule has 0 aliphatic heterocycles. The van der Waals surface area contributed by atoms with E-state index in [1.54, 1.807) is 4.68 Å². The fourth-order valence-corrected chi connectivity index (χ4v) is 2.75. The van der Waals surface area contributed by atoms with Crippen molar-refractivity contribution in [2.24, 2.45) is 7.05 Å². The molecule has 14 heavy (non-hydrogen) atoms. The largest absolute Gasteiger partial charge is 0.256 e. The van der Waals surface area contributed by atoms with Crippen LogP contribution in [0.2, 0.25) is 5.15 Å². The van der Waals surface area contributed by atoms with Gasteiger partial charge in [-0.3, -0.25) is 4.68 Å². The van der Waals surface area contributed by atoms with Crippen LogP contribution in [0.5, 0.6) is 0 Å². The Hall–Kier alpha value is -0.210. The topological polar surface area (TPSA) is 17.8 Å². The summed E-state index contributed by atoms with van der Waals surface area (Å²) in [5, 5.41) is 5.16. The van der Waals surface area contributed by atoms with Gasteiger partial charge in [0.25, 0.3) is 0 Å². The van der Waals surface area contributed by atoms with Crippen molar-refractivity contribution in [3.05, 3.63) is 16.4 Å². The van der Waals surface area contributed by atoms with E-state index < -0.39 is 0 Å². The normalized spacial score (nSPS) is 17.9.